The van der Waals surface area contributed by atoms with Crippen LogP contribution in [0.2, 0.25) is 0 Å². The van der Waals surface area contributed by atoms with Gasteiger partial charge in [-0.2, -0.15) is 0 Å². The predicted molar refractivity (Wildman–Crippen MR) is 65.8 cm³/mol. The third kappa shape index (κ3) is 3.42. The van der Waals surface area contributed by atoms with Crippen molar-refractivity contribution in [3.05, 3.63) is 0 Å². The minimum atomic E-state index is 0.339. The van der Waals surface area contributed by atoms with Crippen LogP contribution in [-0.4, -0.2) is 18.2 Å². The molecule has 0 bridgehead atoms. The van der Waals surface area contributed by atoms with Crippen LogP contribution in [0, 0.1) is 11.3 Å². The molecule has 0 saturated heterocycles. The Morgan fingerprint density at radius 3 is 2.60 bits per heavy atom. The molecule has 0 atom stereocenters. The minimum absolute atomic E-state index is 0.339. The first kappa shape index (κ1) is 11.3. The molecular formula is C12H21NOS. The van der Waals surface area contributed by atoms with Gasteiger partial charge in [-0.15, -0.1) is 0 Å². The monoisotopic (exact) mass is 227 g/mol. The largest absolute Gasteiger partial charge is 0.393 e. The average Bonchev–Trinajstić information content (AvgIpc) is 2.80. The zero-order chi connectivity index (χ0) is 10.7. The highest BCUT2D eigenvalue weighted by molar-refractivity contribution is 7.80. The molecule has 2 aliphatic rings. The number of hydrogen-bond donors (Lipinski definition) is 1. The van der Waals surface area contributed by atoms with Gasteiger partial charge in [0.2, 0.25) is 0 Å². The third-order valence-electron chi connectivity index (χ3n) is 3.81. The Hall–Kier alpha value is -0.150. The van der Waals surface area contributed by atoms with Crippen LogP contribution in [0.5, 0.6) is 0 Å². The van der Waals surface area contributed by atoms with Gasteiger partial charge in [-0.25, -0.2) is 0 Å². The van der Waals surface area contributed by atoms with E-state index in [1.807, 2.05) is 0 Å². The van der Waals surface area contributed by atoms with Crippen LogP contribution in [0.15, 0.2) is 0 Å². The van der Waals surface area contributed by atoms with Gasteiger partial charge in [-0.1, -0.05) is 31.5 Å². The Morgan fingerprint density at radius 1 is 1.40 bits per heavy atom. The number of ether oxygens (including phenoxy) is 1. The van der Waals surface area contributed by atoms with Gasteiger partial charge in [0.25, 0.3) is 0 Å². The van der Waals surface area contributed by atoms with E-state index >= 15 is 0 Å². The van der Waals surface area contributed by atoms with E-state index in [-0.39, 0.29) is 0 Å². The molecule has 0 aromatic rings. The van der Waals surface area contributed by atoms with E-state index in [1.54, 1.807) is 0 Å². The lowest BCUT2D eigenvalue weighted by molar-refractivity contribution is 0.0734. The van der Waals surface area contributed by atoms with Crippen molar-refractivity contribution in [2.45, 2.75) is 44.9 Å². The van der Waals surface area contributed by atoms with E-state index in [1.165, 1.54) is 38.5 Å². The van der Waals surface area contributed by atoms with Crippen molar-refractivity contribution < 1.29 is 4.74 Å². The first-order chi connectivity index (χ1) is 7.20. The lowest BCUT2D eigenvalue weighted by Crippen LogP contribution is -2.21. The highest BCUT2D eigenvalue weighted by atomic mass is 32.1. The van der Waals surface area contributed by atoms with E-state index < -0.39 is 0 Å². The average molecular weight is 227 g/mol. The van der Waals surface area contributed by atoms with Crippen molar-refractivity contribution in [3.8, 4) is 0 Å². The molecule has 0 spiro atoms. The van der Waals surface area contributed by atoms with Gasteiger partial charge in [-0.05, 0) is 25.2 Å². The Bertz CT molecular complexity index is 234. The summed E-state index contributed by atoms with van der Waals surface area (Å²) in [5.41, 5.74) is 5.92. The van der Waals surface area contributed by atoms with E-state index in [0.717, 1.165) is 25.6 Å². The molecule has 0 amide bonds. The summed E-state index contributed by atoms with van der Waals surface area (Å²) in [7, 11) is 0. The summed E-state index contributed by atoms with van der Waals surface area (Å²) in [5.74, 6) is 0.954. The summed E-state index contributed by atoms with van der Waals surface area (Å²) in [6, 6.07) is 0. The second-order valence-corrected chi connectivity index (χ2v) is 5.81. The van der Waals surface area contributed by atoms with Crippen LogP contribution in [0.3, 0.4) is 0 Å². The highest BCUT2D eigenvalue weighted by Gasteiger charge is 2.43. The molecule has 2 saturated carbocycles. The minimum Gasteiger partial charge on any atom is -0.393 e. The van der Waals surface area contributed by atoms with Crippen LogP contribution in [0.25, 0.3) is 0 Å². The fraction of sp³-hybridized carbons (Fsp3) is 0.917. The quantitative estimate of drug-likeness (QED) is 0.536. The van der Waals surface area contributed by atoms with Crippen molar-refractivity contribution in [3.63, 3.8) is 0 Å². The van der Waals surface area contributed by atoms with Crippen LogP contribution in [-0.2, 0) is 4.74 Å². The highest BCUT2D eigenvalue weighted by Crippen LogP contribution is 2.49. The maximum atomic E-state index is 5.75. The standard InChI is InChI=1S/C12H21NOS/c13-11(15)8-12(5-6-12)9-14-7-4-10-2-1-3-10/h10H,1-9H2,(H2,13,15). The molecule has 0 aliphatic heterocycles. The summed E-state index contributed by atoms with van der Waals surface area (Å²) >= 11 is 4.95. The first-order valence-corrected chi connectivity index (χ1v) is 6.47. The molecule has 0 aromatic carbocycles. The van der Waals surface area contributed by atoms with E-state index in [2.05, 4.69) is 0 Å². The molecule has 0 unspecified atom stereocenters. The number of thiocarbonyl (C=S) groups is 1. The summed E-state index contributed by atoms with van der Waals surface area (Å²) in [6.07, 6.45) is 8.88. The van der Waals surface area contributed by atoms with Gasteiger partial charge >= 0.3 is 0 Å². The van der Waals surface area contributed by atoms with E-state index in [0.29, 0.717) is 10.4 Å². The van der Waals surface area contributed by atoms with Crippen LogP contribution in [0.4, 0.5) is 0 Å². The molecule has 2 nitrogen and oxygen atoms in total. The summed E-state index contributed by atoms with van der Waals surface area (Å²) in [4.78, 5) is 0.648. The molecule has 2 fully saturated rings. The summed E-state index contributed by atoms with van der Waals surface area (Å²) < 4.78 is 5.75. The van der Waals surface area contributed by atoms with Crippen LogP contribution >= 0.6 is 12.2 Å². The van der Waals surface area contributed by atoms with Crippen molar-refractivity contribution in [1.29, 1.82) is 0 Å². The van der Waals surface area contributed by atoms with Gasteiger partial charge in [0, 0.05) is 18.4 Å². The molecule has 0 aromatic heterocycles. The molecule has 2 aliphatic carbocycles. The molecule has 3 heteroatoms. The fourth-order valence-corrected chi connectivity index (χ4v) is 2.54. The summed E-state index contributed by atoms with van der Waals surface area (Å²) in [5, 5.41) is 0. The van der Waals surface area contributed by atoms with Gasteiger partial charge in [-0.3, -0.25) is 0 Å². The molecule has 2 N–H and O–H groups in total. The number of hydrogen-bond acceptors (Lipinski definition) is 2. The van der Waals surface area contributed by atoms with E-state index in [9.17, 15) is 0 Å². The van der Waals surface area contributed by atoms with E-state index in [4.69, 9.17) is 22.7 Å². The number of rotatable bonds is 7. The third-order valence-corrected chi connectivity index (χ3v) is 3.95. The zero-order valence-corrected chi connectivity index (χ0v) is 10.2. The molecule has 0 radical (unpaired) electrons. The Kier molecular flexibility index (Phi) is 3.62. The lowest BCUT2D eigenvalue weighted by atomic mass is 9.83. The maximum Gasteiger partial charge on any atom is 0.0733 e. The van der Waals surface area contributed by atoms with Gasteiger partial charge in [0.1, 0.15) is 0 Å². The lowest BCUT2D eigenvalue weighted by Gasteiger charge is -2.25. The van der Waals surface area contributed by atoms with Crippen molar-refractivity contribution in [2.24, 2.45) is 17.1 Å². The molecule has 0 heterocycles. The second-order valence-electron chi connectivity index (χ2n) is 5.28. The maximum absolute atomic E-state index is 5.75. The smallest absolute Gasteiger partial charge is 0.0733 e. The molecule has 86 valence electrons. The normalized spacial score (nSPS) is 23.5. The number of nitrogens with two attached hydrogens (primary N) is 1. The van der Waals surface area contributed by atoms with Crippen molar-refractivity contribution in [1.82, 2.24) is 0 Å². The SMILES string of the molecule is NC(=S)CC1(COCCC2CCC2)CC1. The van der Waals surface area contributed by atoms with Crippen molar-refractivity contribution >= 4 is 17.2 Å². The fourth-order valence-electron chi connectivity index (χ4n) is 2.24. The van der Waals surface area contributed by atoms with Gasteiger partial charge < -0.3 is 10.5 Å². The van der Waals surface area contributed by atoms with Gasteiger partial charge in [0.15, 0.2) is 0 Å². The van der Waals surface area contributed by atoms with Gasteiger partial charge in [0.05, 0.1) is 11.6 Å². The molecular weight excluding hydrogens is 206 g/mol. The molecule has 2 rings (SSSR count). The molecule has 15 heavy (non-hydrogen) atoms. The predicted octanol–water partition coefficient (Wildman–Crippen LogP) is 2.65. The summed E-state index contributed by atoms with van der Waals surface area (Å²) in [6.45, 7) is 1.81. The second kappa shape index (κ2) is 4.79. The van der Waals surface area contributed by atoms with Crippen LogP contribution in [0.1, 0.15) is 44.9 Å². The zero-order valence-electron chi connectivity index (χ0n) is 9.34. The Morgan fingerprint density at radius 2 is 2.13 bits per heavy atom. The Labute approximate surface area is 97.6 Å². The van der Waals surface area contributed by atoms with Crippen LogP contribution < -0.4 is 5.73 Å². The Balaban J connectivity index is 1.54. The topological polar surface area (TPSA) is 35.2 Å². The first-order valence-electron chi connectivity index (χ1n) is 6.06. The van der Waals surface area contributed by atoms with Crippen molar-refractivity contribution in [2.75, 3.05) is 13.2 Å².